The Morgan fingerprint density at radius 2 is 2.04 bits per heavy atom. The van der Waals surface area contributed by atoms with Gasteiger partial charge < -0.3 is 10.2 Å². The maximum Gasteiger partial charge on any atom is 0.222 e. The van der Waals surface area contributed by atoms with Gasteiger partial charge in [-0.1, -0.05) is 13.0 Å². The van der Waals surface area contributed by atoms with E-state index in [1.54, 1.807) is 36.5 Å². The summed E-state index contributed by atoms with van der Waals surface area (Å²) < 4.78 is 0. The minimum atomic E-state index is 0.0800. The molecule has 0 saturated heterocycles. The molecule has 0 aliphatic heterocycles. The zero-order valence-electron chi connectivity index (χ0n) is 15.9. The van der Waals surface area contributed by atoms with Crippen LogP contribution in [0.3, 0.4) is 0 Å². The van der Waals surface area contributed by atoms with Crippen LogP contribution in [0.1, 0.15) is 29.8 Å². The molecule has 0 aromatic carbocycles. The van der Waals surface area contributed by atoms with E-state index in [0.29, 0.717) is 6.42 Å². The third-order valence-corrected chi connectivity index (χ3v) is 5.35. The highest BCUT2D eigenvalue weighted by Gasteiger charge is 2.17. The Kier molecular flexibility index (Phi) is 5.81. The van der Waals surface area contributed by atoms with Crippen LogP contribution in [0.15, 0.2) is 42.7 Å². The van der Waals surface area contributed by atoms with Crippen molar-refractivity contribution in [2.75, 3.05) is 19.4 Å². The molecule has 0 aliphatic carbocycles. The average Bonchev–Trinajstić information content (AvgIpc) is 3.12. The van der Waals surface area contributed by atoms with Gasteiger partial charge in [-0.2, -0.15) is 0 Å². The second-order valence-corrected chi connectivity index (χ2v) is 7.77. The summed E-state index contributed by atoms with van der Waals surface area (Å²) >= 11 is 1.58. The second-order valence-electron chi connectivity index (χ2n) is 6.71. The molecule has 0 bridgehead atoms. The molecular weight excluding hydrogens is 358 g/mol. The molecule has 0 spiro atoms. The van der Waals surface area contributed by atoms with E-state index in [2.05, 4.69) is 20.3 Å². The average molecular weight is 382 g/mol. The number of hydrogen-bond donors (Lipinski definition) is 1. The number of pyridine rings is 2. The van der Waals surface area contributed by atoms with Gasteiger partial charge >= 0.3 is 0 Å². The van der Waals surface area contributed by atoms with E-state index in [9.17, 15) is 4.79 Å². The molecule has 1 unspecified atom stereocenters. The van der Waals surface area contributed by atoms with Crippen molar-refractivity contribution in [1.82, 2.24) is 19.9 Å². The van der Waals surface area contributed by atoms with Crippen molar-refractivity contribution in [1.29, 1.82) is 0 Å². The largest absolute Gasteiger partial charge is 0.349 e. The molecule has 27 heavy (non-hydrogen) atoms. The summed E-state index contributed by atoms with van der Waals surface area (Å²) in [6.45, 7) is 4.05. The maximum atomic E-state index is 11.9. The van der Waals surface area contributed by atoms with E-state index in [1.165, 1.54) is 0 Å². The predicted octanol–water partition coefficient (Wildman–Crippen LogP) is 4.23. The zero-order chi connectivity index (χ0) is 19.4. The molecular formula is C20H23N5OS. The Labute approximate surface area is 163 Å². The summed E-state index contributed by atoms with van der Waals surface area (Å²) in [4.78, 5) is 28.0. The highest BCUT2D eigenvalue weighted by molar-refractivity contribution is 7.15. The van der Waals surface area contributed by atoms with Crippen LogP contribution >= 0.6 is 11.3 Å². The van der Waals surface area contributed by atoms with E-state index in [4.69, 9.17) is 0 Å². The number of hydrogen-bond acceptors (Lipinski definition) is 6. The lowest BCUT2D eigenvalue weighted by atomic mass is 10.1. The van der Waals surface area contributed by atoms with Crippen molar-refractivity contribution >= 4 is 28.9 Å². The smallest absolute Gasteiger partial charge is 0.222 e. The fourth-order valence-electron chi connectivity index (χ4n) is 2.54. The summed E-state index contributed by atoms with van der Waals surface area (Å²) in [5, 5.41) is 4.18. The Morgan fingerprint density at radius 1 is 1.22 bits per heavy atom. The summed E-state index contributed by atoms with van der Waals surface area (Å²) in [5.41, 5.74) is 1.99. The first kappa shape index (κ1) is 19.0. The topological polar surface area (TPSA) is 71.0 Å². The van der Waals surface area contributed by atoms with Crippen LogP contribution in [0, 0.1) is 6.92 Å². The van der Waals surface area contributed by atoms with Gasteiger partial charge in [0.15, 0.2) is 0 Å². The van der Waals surface area contributed by atoms with Gasteiger partial charge in [0.2, 0.25) is 5.91 Å². The number of nitrogens with zero attached hydrogens (tertiary/aromatic N) is 4. The monoisotopic (exact) mass is 381 g/mol. The van der Waals surface area contributed by atoms with Crippen LogP contribution in [-0.2, 0) is 4.79 Å². The van der Waals surface area contributed by atoms with Crippen molar-refractivity contribution in [2.24, 2.45) is 0 Å². The lowest BCUT2D eigenvalue weighted by molar-refractivity contribution is -0.129. The number of nitrogens with one attached hydrogen (secondary N) is 1. The van der Waals surface area contributed by atoms with E-state index < -0.39 is 0 Å². The second kappa shape index (κ2) is 8.26. The van der Waals surface area contributed by atoms with Gasteiger partial charge in [0, 0.05) is 38.8 Å². The molecule has 0 radical (unpaired) electrons. The van der Waals surface area contributed by atoms with Gasteiger partial charge in [-0.15, -0.1) is 11.3 Å². The highest BCUT2D eigenvalue weighted by atomic mass is 32.1. The Balaban J connectivity index is 1.75. The van der Waals surface area contributed by atoms with Gasteiger partial charge in [0.05, 0.1) is 15.6 Å². The van der Waals surface area contributed by atoms with Gasteiger partial charge in [0.1, 0.15) is 11.6 Å². The number of aryl methyl sites for hydroxylation is 1. The van der Waals surface area contributed by atoms with Crippen molar-refractivity contribution in [2.45, 2.75) is 26.2 Å². The lowest BCUT2D eigenvalue weighted by Crippen LogP contribution is -2.22. The first-order chi connectivity index (χ1) is 12.9. The van der Waals surface area contributed by atoms with E-state index in [-0.39, 0.29) is 11.8 Å². The summed E-state index contributed by atoms with van der Waals surface area (Å²) in [6.07, 6.45) is 4.05. The lowest BCUT2D eigenvalue weighted by Gasteiger charge is -2.13. The first-order valence-corrected chi connectivity index (χ1v) is 9.57. The molecule has 1 atom stereocenters. The number of carbonyl (C=O) groups is 1. The normalized spacial score (nSPS) is 11.9. The molecule has 3 aromatic rings. The third-order valence-electron chi connectivity index (χ3n) is 4.10. The van der Waals surface area contributed by atoms with Crippen molar-refractivity contribution < 1.29 is 4.79 Å². The Bertz CT molecular complexity index is 937. The first-order valence-electron chi connectivity index (χ1n) is 8.75. The van der Waals surface area contributed by atoms with Crippen LogP contribution in [0.2, 0.25) is 0 Å². The molecule has 0 fully saturated rings. The third kappa shape index (κ3) is 4.89. The van der Waals surface area contributed by atoms with Crippen molar-refractivity contribution in [3.8, 4) is 10.6 Å². The Hall–Kier alpha value is -2.80. The van der Waals surface area contributed by atoms with Crippen LogP contribution in [-0.4, -0.2) is 39.9 Å². The molecule has 1 N–H and O–H groups in total. The molecule has 0 saturated carbocycles. The van der Waals surface area contributed by atoms with Crippen LogP contribution < -0.4 is 5.32 Å². The standard InChI is InChI=1S/C20H23N5OS/c1-13-8-9-21-18(10-13)24-17-7-5-6-15(23-17)16-12-22-20(27-16)14(2)11-19(26)25(3)4/h5-10,12,14H,11H2,1-4H3,(H,21,23,24). The fourth-order valence-corrected chi connectivity index (χ4v) is 3.48. The number of aromatic nitrogens is 3. The number of amides is 1. The summed E-state index contributed by atoms with van der Waals surface area (Å²) in [7, 11) is 3.54. The number of carbonyl (C=O) groups excluding carboxylic acids is 1. The quantitative estimate of drug-likeness (QED) is 0.692. The van der Waals surface area contributed by atoms with E-state index in [0.717, 1.165) is 32.8 Å². The van der Waals surface area contributed by atoms with Crippen molar-refractivity contribution in [3.63, 3.8) is 0 Å². The van der Waals surface area contributed by atoms with Crippen LogP contribution in [0.4, 0.5) is 11.6 Å². The molecule has 3 aromatic heterocycles. The molecule has 140 valence electrons. The summed E-state index contributed by atoms with van der Waals surface area (Å²) in [6, 6.07) is 9.76. The van der Waals surface area contributed by atoms with Gasteiger partial charge in [0.25, 0.3) is 0 Å². The number of rotatable bonds is 6. The van der Waals surface area contributed by atoms with E-state index >= 15 is 0 Å². The highest BCUT2D eigenvalue weighted by Crippen LogP contribution is 2.31. The van der Waals surface area contributed by atoms with Crippen LogP contribution in [0.25, 0.3) is 10.6 Å². The van der Waals surface area contributed by atoms with Gasteiger partial charge in [-0.25, -0.2) is 15.0 Å². The van der Waals surface area contributed by atoms with Crippen molar-refractivity contribution in [3.05, 3.63) is 53.3 Å². The molecule has 3 rings (SSSR count). The van der Waals surface area contributed by atoms with Gasteiger partial charge in [-0.3, -0.25) is 4.79 Å². The zero-order valence-corrected chi connectivity index (χ0v) is 16.7. The number of thiazole rings is 1. The minimum Gasteiger partial charge on any atom is -0.349 e. The molecule has 3 heterocycles. The molecule has 0 aliphatic rings. The minimum absolute atomic E-state index is 0.0800. The molecule has 7 heteroatoms. The molecule has 6 nitrogen and oxygen atoms in total. The maximum absolute atomic E-state index is 11.9. The fraction of sp³-hybridized carbons (Fsp3) is 0.300. The number of anilines is 2. The predicted molar refractivity (Wildman–Crippen MR) is 109 cm³/mol. The van der Waals surface area contributed by atoms with Crippen LogP contribution in [0.5, 0.6) is 0 Å². The SMILES string of the molecule is Cc1ccnc(Nc2cccc(-c3cnc(C(C)CC(=O)N(C)C)s3)n2)c1. The van der Waals surface area contributed by atoms with Gasteiger partial charge in [-0.05, 0) is 36.8 Å². The molecule has 1 amide bonds. The Morgan fingerprint density at radius 3 is 2.78 bits per heavy atom. The van der Waals surface area contributed by atoms with E-state index in [1.807, 2.05) is 50.4 Å². The summed E-state index contributed by atoms with van der Waals surface area (Å²) in [5.74, 6) is 1.68.